The number of hydrogen-bond acceptors (Lipinski definition) is 3. The molecule has 21 heavy (non-hydrogen) atoms. The molecule has 0 saturated heterocycles. The van der Waals surface area contributed by atoms with Crippen molar-refractivity contribution >= 4 is 39.1 Å². The number of halogens is 1. The summed E-state index contributed by atoms with van der Waals surface area (Å²) in [6, 6.07) is 3.64. The first-order valence-corrected chi connectivity index (χ1v) is 7.81. The summed E-state index contributed by atoms with van der Waals surface area (Å²) in [5.41, 5.74) is 7.94. The van der Waals surface area contributed by atoms with Crippen LogP contribution in [-0.4, -0.2) is 29.8 Å². The van der Waals surface area contributed by atoms with Crippen molar-refractivity contribution in [2.75, 3.05) is 24.1 Å². The van der Waals surface area contributed by atoms with E-state index < -0.39 is 0 Å². The Morgan fingerprint density at radius 2 is 1.86 bits per heavy atom. The number of hydrogen-bond donors (Lipinski definition) is 2. The molecule has 3 N–H and O–H groups in total. The lowest BCUT2D eigenvalue weighted by atomic mass is 10.1. The molecule has 0 bridgehead atoms. The van der Waals surface area contributed by atoms with Crippen LogP contribution < -0.4 is 11.1 Å². The number of nitrogen functional groups attached to an aromatic ring is 1. The van der Waals surface area contributed by atoms with Gasteiger partial charge in [-0.3, -0.25) is 9.59 Å². The van der Waals surface area contributed by atoms with Gasteiger partial charge in [-0.2, -0.15) is 0 Å². The number of carbonyl (C=O) groups is 2. The fourth-order valence-electron chi connectivity index (χ4n) is 2.03. The number of aryl methyl sites for hydroxylation is 1. The van der Waals surface area contributed by atoms with Gasteiger partial charge in [0.25, 0.3) is 0 Å². The number of nitrogens with one attached hydrogen (secondary N) is 1. The van der Waals surface area contributed by atoms with E-state index in [1.54, 1.807) is 11.0 Å². The van der Waals surface area contributed by atoms with Crippen LogP contribution in [-0.2, 0) is 9.59 Å². The van der Waals surface area contributed by atoms with Crippen molar-refractivity contribution in [2.24, 2.45) is 0 Å². The first-order chi connectivity index (χ1) is 9.88. The lowest BCUT2D eigenvalue weighted by molar-refractivity contribution is -0.132. The van der Waals surface area contributed by atoms with E-state index in [9.17, 15) is 9.59 Å². The summed E-state index contributed by atoms with van der Waals surface area (Å²) in [6.07, 6.45) is 0.362. The number of nitrogens with zero attached hydrogens (tertiary/aromatic N) is 1. The maximum absolute atomic E-state index is 11.9. The quantitative estimate of drug-likeness (QED) is 0.770. The molecule has 6 heteroatoms. The van der Waals surface area contributed by atoms with Crippen molar-refractivity contribution in [3.63, 3.8) is 0 Å². The largest absolute Gasteiger partial charge is 0.397 e. The average Bonchev–Trinajstić information content (AvgIpc) is 2.43. The fraction of sp³-hybridized carbons (Fsp3) is 0.467. The lowest BCUT2D eigenvalue weighted by Gasteiger charge is -2.18. The van der Waals surface area contributed by atoms with Crippen LogP contribution in [0.25, 0.3) is 0 Å². The minimum atomic E-state index is -0.209. The second-order valence-electron chi connectivity index (χ2n) is 4.80. The van der Waals surface area contributed by atoms with Crippen LogP contribution in [0.2, 0.25) is 0 Å². The second-order valence-corrected chi connectivity index (χ2v) is 5.71. The summed E-state index contributed by atoms with van der Waals surface area (Å²) < 4.78 is 0.851. The van der Waals surface area contributed by atoms with Crippen LogP contribution in [0.4, 0.5) is 11.4 Å². The number of nitrogens with two attached hydrogens (primary N) is 1. The summed E-state index contributed by atoms with van der Waals surface area (Å²) >= 11 is 3.37. The molecule has 0 aliphatic carbocycles. The summed E-state index contributed by atoms with van der Waals surface area (Å²) in [4.78, 5) is 25.5. The van der Waals surface area contributed by atoms with E-state index in [2.05, 4.69) is 21.2 Å². The Labute approximate surface area is 134 Å². The lowest BCUT2D eigenvalue weighted by Crippen LogP contribution is -2.31. The molecular formula is C15H22BrN3O2. The zero-order valence-electron chi connectivity index (χ0n) is 12.7. The SMILES string of the molecule is CCN(CC)C(=O)CCC(=O)Nc1cc(Br)cc(C)c1N. The highest BCUT2D eigenvalue weighted by atomic mass is 79.9. The van der Waals surface area contributed by atoms with E-state index in [4.69, 9.17) is 5.73 Å². The first kappa shape index (κ1) is 17.5. The summed E-state index contributed by atoms with van der Waals surface area (Å²) in [5, 5.41) is 2.76. The van der Waals surface area contributed by atoms with Crippen LogP contribution in [0, 0.1) is 6.92 Å². The zero-order valence-corrected chi connectivity index (χ0v) is 14.3. The van der Waals surface area contributed by atoms with Gasteiger partial charge in [0.2, 0.25) is 11.8 Å². The third-order valence-corrected chi connectivity index (χ3v) is 3.77. The van der Waals surface area contributed by atoms with Gasteiger partial charge in [0.05, 0.1) is 11.4 Å². The Bertz CT molecular complexity index is 528. The van der Waals surface area contributed by atoms with Crippen LogP contribution in [0.3, 0.4) is 0 Å². The minimum Gasteiger partial charge on any atom is -0.397 e. The van der Waals surface area contributed by atoms with Crippen molar-refractivity contribution < 1.29 is 9.59 Å². The van der Waals surface area contributed by atoms with Crippen LogP contribution in [0.5, 0.6) is 0 Å². The molecule has 0 spiro atoms. The van der Waals surface area contributed by atoms with Crippen molar-refractivity contribution in [1.29, 1.82) is 0 Å². The third-order valence-electron chi connectivity index (χ3n) is 3.31. The Morgan fingerprint density at radius 1 is 1.24 bits per heavy atom. The topological polar surface area (TPSA) is 75.4 Å². The monoisotopic (exact) mass is 355 g/mol. The van der Waals surface area contributed by atoms with E-state index in [-0.39, 0.29) is 24.7 Å². The molecule has 0 heterocycles. The molecule has 0 fully saturated rings. The summed E-state index contributed by atoms with van der Waals surface area (Å²) in [5.74, 6) is -0.215. The average molecular weight is 356 g/mol. The standard InChI is InChI=1S/C15H22BrN3O2/c1-4-19(5-2)14(21)7-6-13(20)18-12-9-11(16)8-10(3)15(12)17/h8-9H,4-7,17H2,1-3H3,(H,18,20). The predicted molar refractivity (Wildman–Crippen MR) is 89.1 cm³/mol. The van der Waals surface area contributed by atoms with Gasteiger partial charge < -0.3 is 16.0 Å². The maximum atomic E-state index is 11.9. The molecule has 0 radical (unpaired) electrons. The van der Waals surface area contributed by atoms with Gasteiger partial charge in [-0.05, 0) is 38.5 Å². The van der Waals surface area contributed by atoms with E-state index in [0.717, 1.165) is 10.0 Å². The summed E-state index contributed by atoms with van der Waals surface area (Å²) in [7, 11) is 0. The molecule has 1 rings (SSSR count). The number of carbonyl (C=O) groups excluding carboxylic acids is 2. The molecule has 5 nitrogen and oxygen atoms in total. The molecule has 116 valence electrons. The molecule has 0 aliphatic rings. The number of amides is 2. The van der Waals surface area contributed by atoms with Crippen LogP contribution in [0.1, 0.15) is 32.3 Å². The number of anilines is 2. The minimum absolute atomic E-state index is 0.00598. The normalized spacial score (nSPS) is 10.3. The highest BCUT2D eigenvalue weighted by Gasteiger charge is 2.13. The predicted octanol–water partition coefficient (Wildman–Crippen LogP) is 2.93. The molecule has 2 amide bonds. The van der Waals surface area contributed by atoms with Crippen molar-refractivity contribution in [3.05, 3.63) is 22.2 Å². The van der Waals surface area contributed by atoms with Crippen molar-refractivity contribution in [1.82, 2.24) is 4.90 Å². The first-order valence-electron chi connectivity index (χ1n) is 7.02. The van der Waals surface area contributed by atoms with E-state index in [0.29, 0.717) is 24.5 Å². The number of rotatable bonds is 6. The fourth-order valence-corrected chi connectivity index (χ4v) is 2.60. The molecule has 1 aromatic carbocycles. The Morgan fingerprint density at radius 3 is 2.43 bits per heavy atom. The van der Waals surface area contributed by atoms with Gasteiger partial charge in [0.15, 0.2) is 0 Å². The van der Waals surface area contributed by atoms with E-state index in [1.165, 1.54) is 0 Å². The van der Waals surface area contributed by atoms with Crippen LogP contribution in [0.15, 0.2) is 16.6 Å². The van der Waals surface area contributed by atoms with Gasteiger partial charge >= 0.3 is 0 Å². The molecule has 0 aliphatic heterocycles. The van der Waals surface area contributed by atoms with Gasteiger partial charge in [-0.25, -0.2) is 0 Å². The van der Waals surface area contributed by atoms with Crippen molar-refractivity contribution in [3.8, 4) is 0 Å². The zero-order chi connectivity index (χ0) is 16.0. The van der Waals surface area contributed by atoms with Gasteiger partial charge in [0.1, 0.15) is 0 Å². The maximum Gasteiger partial charge on any atom is 0.224 e. The summed E-state index contributed by atoms with van der Waals surface area (Å²) in [6.45, 7) is 7.04. The van der Waals surface area contributed by atoms with E-state index >= 15 is 0 Å². The molecule has 0 saturated carbocycles. The Hall–Kier alpha value is -1.56. The van der Waals surface area contributed by atoms with Gasteiger partial charge in [-0.1, -0.05) is 15.9 Å². The Balaban J connectivity index is 2.61. The van der Waals surface area contributed by atoms with Gasteiger partial charge in [-0.15, -0.1) is 0 Å². The number of benzene rings is 1. The Kier molecular flexibility index (Phi) is 6.68. The van der Waals surface area contributed by atoms with E-state index in [1.807, 2.05) is 26.8 Å². The third kappa shape index (κ3) is 5.04. The molecular weight excluding hydrogens is 334 g/mol. The van der Waals surface area contributed by atoms with Crippen LogP contribution >= 0.6 is 15.9 Å². The molecule has 1 aromatic rings. The molecule has 0 unspecified atom stereocenters. The highest BCUT2D eigenvalue weighted by molar-refractivity contribution is 9.10. The second kappa shape index (κ2) is 8.02. The van der Waals surface area contributed by atoms with Crippen molar-refractivity contribution in [2.45, 2.75) is 33.6 Å². The molecule has 0 aromatic heterocycles. The smallest absolute Gasteiger partial charge is 0.224 e. The highest BCUT2D eigenvalue weighted by Crippen LogP contribution is 2.27. The van der Waals surface area contributed by atoms with Gasteiger partial charge in [0, 0.05) is 30.4 Å². The molecule has 0 atom stereocenters.